The number of nitrogens with zero attached hydrogens (tertiary/aromatic N) is 2. The predicted molar refractivity (Wildman–Crippen MR) is 82.7 cm³/mol. The lowest BCUT2D eigenvalue weighted by atomic mass is 10.2. The molecule has 4 heteroatoms. The van der Waals surface area contributed by atoms with Crippen molar-refractivity contribution in [3.8, 4) is 0 Å². The Hall–Kier alpha value is -1.29. The third kappa shape index (κ3) is 2.68. The minimum atomic E-state index is 0.567. The maximum Gasteiger partial charge on any atom is 0.0950 e. The van der Waals surface area contributed by atoms with Crippen LogP contribution in [0.15, 0.2) is 30.5 Å². The van der Waals surface area contributed by atoms with E-state index in [4.69, 9.17) is 0 Å². The zero-order valence-electron chi connectivity index (χ0n) is 11.2. The van der Waals surface area contributed by atoms with Crippen molar-refractivity contribution in [2.24, 2.45) is 0 Å². The zero-order chi connectivity index (χ0) is 13.1. The molecule has 1 fully saturated rings. The summed E-state index contributed by atoms with van der Waals surface area (Å²) in [5.41, 5.74) is 2.09. The van der Waals surface area contributed by atoms with Gasteiger partial charge >= 0.3 is 0 Å². The molecule has 0 saturated heterocycles. The molecule has 1 N–H and O–H groups in total. The van der Waals surface area contributed by atoms with E-state index in [0.717, 1.165) is 16.5 Å². The van der Waals surface area contributed by atoms with Crippen LogP contribution in [-0.2, 0) is 0 Å². The number of fused-ring (bicyclic) bond motifs is 1. The average molecular weight is 273 g/mol. The van der Waals surface area contributed by atoms with Gasteiger partial charge in [-0.25, -0.2) is 0 Å². The molecule has 3 nitrogen and oxygen atoms in total. The fourth-order valence-corrected chi connectivity index (χ4v) is 4.02. The average Bonchev–Trinajstić information content (AvgIpc) is 2.87. The van der Waals surface area contributed by atoms with Crippen LogP contribution in [0.3, 0.4) is 0 Å². The predicted octanol–water partition coefficient (Wildman–Crippen LogP) is 3.72. The Morgan fingerprint density at radius 3 is 3.11 bits per heavy atom. The SMILES string of the molecule is CCSC1CCCC1Nc1cnnc2ccccc12. The Balaban J connectivity index is 1.85. The van der Waals surface area contributed by atoms with E-state index in [2.05, 4.69) is 46.3 Å². The summed E-state index contributed by atoms with van der Waals surface area (Å²) in [5, 5.41) is 13.9. The minimum absolute atomic E-state index is 0.567. The summed E-state index contributed by atoms with van der Waals surface area (Å²) in [4.78, 5) is 0. The van der Waals surface area contributed by atoms with Crippen molar-refractivity contribution in [3.63, 3.8) is 0 Å². The van der Waals surface area contributed by atoms with E-state index in [1.54, 1.807) is 0 Å². The number of hydrogen-bond acceptors (Lipinski definition) is 4. The third-order valence-corrected chi connectivity index (χ3v) is 5.05. The molecule has 1 saturated carbocycles. The molecule has 3 rings (SSSR count). The first-order valence-electron chi connectivity index (χ1n) is 6.97. The number of thioether (sulfide) groups is 1. The van der Waals surface area contributed by atoms with Gasteiger partial charge in [-0.3, -0.25) is 0 Å². The minimum Gasteiger partial charge on any atom is -0.379 e. The van der Waals surface area contributed by atoms with E-state index in [0.29, 0.717) is 6.04 Å². The summed E-state index contributed by atoms with van der Waals surface area (Å²) < 4.78 is 0. The first-order chi connectivity index (χ1) is 9.38. The van der Waals surface area contributed by atoms with Gasteiger partial charge in [0.1, 0.15) is 0 Å². The molecule has 1 aliphatic rings. The summed E-state index contributed by atoms with van der Waals surface area (Å²) in [6.45, 7) is 2.24. The molecular weight excluding hydrogens is 254 g/mol. The summed E-state index contributed by atoms with van der Waals surface area (Å²) in [5.74, 6) is 1.19. The van der Waals surface area contributed by atoms with Crippen molar-refractivity contribution in [1.29, 1.82) is 0 Å². The van der Waals surface area contributed by atoms with Gasteiger partial charge in [0.05, 0.1) is 17.4 Å². The van der Waals surface area contributed by atoms with E-state index in [9.17, 15) is 0 Å². The Morgan fingerprint density at radius 2 is 2.21 bits per heavy atom. The quantitative estimate of drug-likeness (QED) is 0.921. The summed E-state index contributed by atoms with van der Waals surface area (Å²) in [6.07, 6.45) is 5.76. The van der Waals surface area contributed by atoms with Crippen molar-refractivity contribution in [3.05, 3.63) is 30.5 Å². The third-order valence-electron chi connectivity index (χ3n) is 3.72. The highest BCUT2D eigenvalue weighted by molar-refractivity contribution is 7.99. The van der Waals surface area contributed by atoms with E-state index in [1.165, 1.54) is 30.4 Å². The fraction of sp³-hybridized carbons (Fsp3) is 0.467. The van der Waals surface area contributed by atoms with Crippen LogP contribution in [0.4, 0.5) is 5.69 Å². The normalized spacial score (nSPS) is 22.8. The molecule has 0 spiro atoms. The van der Waals surface area contributed by atoms with Crippen LogP contribution in [0.25, 0.3) is 10.9 Å². The van der Waals surface area contributed by atoms with Gasteiger partial charge in [-0.2, -0.15) is 22.0 Å². The van der Waals surface area contributed by atoms with Crippen molar-refractivity contribution in [2.75, 3.05) is 11.1 Å². The van der Waals surface area contributed by atoms with Gasteiger partial charge in [0.15, 0.2) is 0 Å². The molecular formula is C15H19N3S. The van der Waals surface area contributed by atoms with Gasteiger partial charge in [0.25, 0.3) is 0 Å². The highest BCUT2D eigenvalue weighted by Crippen LogP contribution is 2.33. The second-order valence-electron chi connectivity index (χ2n) is 4.95. The van der Waals surface area contributed by atoms with Gasteiger partial charge in [-0.05, 0) is 24.7 Å². The van der Waals surface area contributed by atoms with E-state index < -0.39 is 0 Å². The summed E-state index contributed by atoms with van der Waals surface area (Å²) in [6, 6.07) is 8.76. The standard InChI is InChI=1S/C15H19N3S/c1-2-19-15-9-5-8-13(15)17-14-10-16-18-12-7-4-3-6-11(12)14/h3-4,6-7,10,13,15H,2,5,8-9H2,1H3,(H,17,18). The first kappa shape index (κ1) is 12.7. The van der Waals surface area contributed by atoms with Crippen molar-refractivity contribution < 1.29 is 0 Å². The van der Waals surface area contributed by atoms with Crippen LogP contribution in [0.2, 0.25) is 0 Å². The van der Waals surface area contributed by atoms with Crippen molar-refractivity contribution >= 4 is 28.4 Å². The maximum atomic E-state index is 4.18. The van der Waals surface area contributed by atoms with Crippen LogP contribution in [0, 0.1) is 0 Å². The molecule has 2 unspecified atom stereocenters. The monoisotopic (exact) mass is 273 g/mol. The summed E-state index contributed by atoms with van der Waals surface area (Å²) in [7, 11) is 0. The molecule has 1 aromatic heterocycles. The van der Waals surface area contributed by atoms with Gasteiger partial charge in [-0.1, -0.05) is 31.5 Å². The number of rotatable bonds is 4. The van der Waals surface area contributed by atoms with E-state index in [1.807, 2.05) is 18.3 Å². The number of nitrogens with one attached hydrogen (secondary N) is 1. The highest BCUT2D eigenvalue weighted by Gasteiger charge is 2.27. The Labute approximate surface area is 118 Å². The van der Waals surface area contributed by atoms with E-state index in [-0.39, 0.29) is 0 Å². The second-order valence-corrected chi connectivity index (χ2v) is 6.47. The van der Waals surface area contributed by atoms with Crippen LogP contribution >= 0.6 is 11.8 Å². The Kier molecular flexibility index (Phi) is 3.87. The van der Waals surface area contributed by atoms with Gasteiger partial charge < -0.3 is 5.32 Å². The Bertz CT molecular complexity index is 553. The van der Waals surface area contributed by atoms with Crippen LogP contribution in [0.5, 0.6) is 0 Å². The molecule has 1 aliphatic carbocycles. The molecule has 2 atom stereocenters. The molecule has 1 heterocycles. The lowest BCUT2D eigenvalue weighted by Crippen LogP contribution is -2.26. The molecule has 100 valence electrons. The second kappa shape index (κ2) is 5.78. The smallest absolute Gasteiger partial charge is 0.0950 e. The van der Waals surface area contributed by atoms with Gasteiger partial charge in [-0.15, -0.1) is 0 Å². The highest BCUT2D eigenvalue weighted by atomic mass is 32.2. The van der Waals surface area contributed by atoms with Crippen LogP contribution in [0.1, 0.15) is 26.2 Å². The molecule has 1 aromatic carbocycles. The zero-order valence-corrected chi connectivity index (χ0v) is 12.0. The number of aromatic nitrogens is 2. The first-order valence-corrected chi connectivity index (χ1v) is 8.02. The van der Waals surface area contributed by atoms with E-state index >= 15 is 0 Å². The van der Waals surface area contributed by atoms with Gasteiger partial charge in [0, 0.05) is 16.7 Å². The maximum absolute atomic E-state index is 4.18. The lowest BCUT2D eigenvalue weighted by Gasteiger charge is -2.21. The molecule has 0 bridgehead atoms. The molecule has 2 aromatic rings. The number of benzene rings is 1. The lowest BCUT2D eigenvalue weighted by molar-refractivity contribution is 0.767. The molecule has 0 amide bonds. The Morgan fingerprint density at radius 1 is 1.32 bits per heavy atom. The topological polar surface area (TPSA) is 37.8 Å². The van der Waals surface area contributed by atoms with Crippen molar-refractivity contribution in [2.45, 2.75) is 37.5 Å². The molecule has 0 radical (unpaired) electrons. The largest absolute Gasteiger partial charge is 0.379 e. The number of hydrogen-bond donors (Lipinski definition) is 1. The summed E-state index contributed by atoms with van der Waals surface area (Å²) >= 11 is 2.07. The molecule has 19 heavy (non-hydrogen) atoms. The fourth-order valence-electron chi connectivity index (χ4n) is 2.83. The van der Waals surface area contributed by atoms with Gasteiger partial charge in [0.2, 0.25) is 0 Å². The van der Waals surface area contributed by atoms with Crippen molar-refractivity contribution in [1.82, 2.24) is 10.2 Å². The molecule has 0 aliphatic heterocycles. The van der Waals surface area contributed by atoms with Crippen LogP contribution < -0.4 is 5.32 Å². The van der Waals surface area contributed by atoms with Crippen LogP contribution in [-0.4, -0.2) is 27.2 Å². The number of anilines is 1.